The van der Waals surface area contributed by atoms with E-state index < -0.39 is 5.97 Å². The number of para-hydroxylation sites is 1. The molecule has 0 aliphatic carbocycles. The van der Waals surface area contributed by atoms with Crippen LogP contribution in [0.2, 0.25) is 0 Å². The molecule has 5 nitrogen and oxygen atoms in total. The summed E-state index contributed by atoms with van der Waals surface area (Å²) in [5.41, 5.74) is 1.92. The first-order valence-electron chi connectivity index (χ1n) is 6.13. The number of carbonyl (C=O) groups excluding carboxylic acids is 1. The van der Waals surface area contributed by atoms with Crippen LogP contribution < -0.4 is 5.32 Å². The van der Waals surface area contributed by atoms with Gasteiger partial charge in [-0.05, 0) is 23.3 Å². The van der Waals surface area contributed by atoms with Crippen molar-refractivity contribution in [3.8, 4) is 0 Å². The first-order valence-corrected chi connectivity index (χ1v) is 6.13. The van der Waals surface area contributed by atoms with Crippen LogP contribution in [-0.2, 0) is 22.4 Å². The van der Waals surface area contributed by atoms with Gasteiger partial charge in [-0.3, -0.25) is 14.6 Å². The van der Waals surface area contributed by atoms with Crippen LogP contribution in [0.1, 0.15) is 11.1 Å². The maximum absolute atomic E-state index is 11.9. The van der Waals surface area contributed by atoms with E-state index in [1.807, 2.05) is 6.07 Å². The molecule has 2 rings (SSSR count). The lowest BCUT2D eigenvalue weighted by Gasteiger charge is -2.09. The number of nitrogens with zero attached hydrogens (tertiary/aromatic N) is 1. The van der Waals surface area contributed by atoms with Crippen LogP contribution in [-0.4, -0.2) is 22.0 Å². The number of carboxylic acid groups (broad SMARTS) is 1. The Bertz CT molecular complexity index is 612. The number of carboxylic acids is 1. The Hall–Kier alpha value is -2.69. The summed E-state index contributed by atoms with van der Waals surface area (Å²) in [6.45, 7) is 0. The largest absolute Gasteiger partial charge is 0.481 e. The van der Waals surface area contributed by atoms with E-state index in [1.165, 1.54) is 0 Å². The van der Waals surface area contributed by atoms with Crippen molar-refractivity contribution in [2.45, 2.75) is 12.8 Å². The van der Waals surface area contributed by atoms with E-state index in [0.717, 1.165) is 5.56 Å². The third-order valence-electron chi connectivity index (χ3n) is 2.72. The molecule has 1 amide bonds. The topological polar surface area (TPSA) is 79.3 Å². The fraction of sp³-hybridized carbons (Fsp3) is 0.133. The number of nitrogens with one attached hydrogen (secondary N) is 1. The number of carbonyl (C=O) groups is 2. The van der Waals surface area contributed by atoms with Crippen LogP contribution in [0.25, 0.3) is 0 Å². The average Bonchev–Trinajstić information content (AvgIpc) is 2.41. The molecule has 0 aliphatic heterocycles. The highest BCUT2D eigenvalue weighted by molar-refractivity contribution is 5.93. The second-order valence-electron chi connectivity index (χ2n) is 4.31. The Morgan fingerprint density at radius 3 is 2.60 bits per heavy atom. The highest BCUT2D eigenvalue weighted by atomic mass is 16.4. The lowest BCUT2D eigenvalue weighted by molar-refractivity contribution is -0.136. The van der Waals surface area contributed by atoms with Gasteiger partial charge in [-0.25, -0.2) is 0 Å². The summed E-state index contributed by atoms with van der Waals surface area (Å²) in [5.74, 6) is -1.13. The van der Waals surface area contributed by atoms with Crippen molar-refractivity contribution in [2.24, 2.45) is 0 Å². The smallest absolute Gasteiger partial charge is 0.307 e. The number of hydrogen-bond donors (Lipinski definition) is 2. The summed E-state index contributed by atoms with van der Waals surface area (Å²) in [4.78, 5) is 26.7. The minimum Gasteiger partial charge on any atom is -0.481 e. The van der Waals surface area contributed by atoms with Gasteiger partial charge in [0.1, 0.15) is 0 Å². The highest BCUT2D eigenvalue weighted by Crippen LogP contribution is 2.16. The van der Waals surface area contributed by atoms with E-state index in [2.05, 4.69) is 10.3 Å². The molecule has 0 bridgehead atoms. The van der Waals surface area contributed by atoms with Crippen LogP contribution >= 0.6 is 0 Å². The second kappa shape index (κ2) is 6.47. The maximum atomic E-state index is 11.9. The van der Waals surface area contributed by atoms with Crippen molar-refractivity contribution < 1.29 is 14.7 Å². The summed E-state index contributed by atoms with van der Waals surface area (Å²) in [5, 5.41) is 11.6. The number of aliphatic carboxylic acids is 1. The molecule has 0 fully saturated rings. The molecule has 0 saturated carbocycles. The lowest BCUT2D eigenvalue weighted by Crippen LogP contribution is -2.16. The summed E-state index contributed by atoms with van der Waals surface area (Å²) in [6.07, 6.45) is 3.35. The molecule has 5 heteroatoms. The Morgan fingerprint density at radius 1 is 1.10 bits per heavy atom. The van der Waals surface area contributed by atoms with E-state index in [1.54, 1.807) is 42.7 Å². The van der Waals surface area contributed by atoms with Gasteiger partial charge in [-0.1, -0.05) is 24.3 Å². The van der Waals surface area contributed by atoms with Crippen molar-refractivity contribution in [1.82, 2.24) is 4.98 Å². The number of aromatic nitrogens is 1. The third kappa shape index (κ3) is 3.91. The summed E-state index contributed by atoms with van der Waals surface area (Å²) < 4.78 is 0. The molecular weight excluding hydrogens is 256 g/mol. The van der Waals surface area contributed by atoms with E-state index in [-0.39, 0.29) is 18.7 Å². The number of benzene rings is 1. The van der Waals surface area contributed by atoms with E-state index in [4.69, 9.17) is 5.11 Å². The molecule has 1 aromatic carbocycles. The number of hydrogen-bond acceptors (Lipinski definition) is 3. The molecular formula is C15H14N2O3. The van der Waals surface area contributed by atoms with E-state index in [0.29, 0.717) is 11.3 Å². The molecule has 1 aromatic heterocycles. The molecule has 20 heavy (non-hydrogen) atoms. The molecule has 2 aromatic rings. The first kappa shape index (κ1) is 13.7. The van der Waals surface area contributed by atoms with Gasteiger partial charge in [0.25, 0.3) is 0 Å². The van der Waals surface area contributed by atoms with Crippen LogP contribution in [0.3, 0.4) is 0 Å². The average molecular weight is 270 g/mol. The fourth-order valence-electron chi connectivity index (χ4n) is 1.84. The zero-order valence-corrected chi connectivity index (χ0v) is 10.7. The number of amides is 1. The van der Waals surface area contributed by atoms with E-state index >= 15 is 0 Å². The Morgan fingerprint density at radius 2 is 1.90 bits per heavy atom. The van der Waals surface area contributed by atoms with Gasteiger partial charge < -0.3 is 10.4 Å². The highest BCUT2D eigenvalue weighted by Gasteiger charge is 2.09. The summed E-state index contributed by atoms with van der Waals surface area (Å²) in [6, 6.07) is 10.5. The Labute approximate surface area is 116 Å². The predicted molar refractivity (Wildman–Crippen MR) is 74.4 cm³/mol. The van der Waals surface area contributed by atoms with Crippen LogP contribution in [0.15, 0.2) is 48.8 Å². The van der Waals surface area contributed by atoms with Crippen molar-refractivity contribution in [1.29, 1.82) is 0 Å². The van der Waals surface area contributed by atoms with Gasteiger partial charge in [-0.2, -0.15) is 0 Å². The first-order chi connectivity index (χ1) is 9.65. The van der Waals surface area contributed by atoms with E-state index in [9.17, 15) is 9.59 Å². The summed E-state index contributed by atoms with van der Waals surface area (Å²) in [7, 11) is 0. The summed E-state index contributed by atoms with van der Waals surface area (Å²) >= 11 is 0. The van der Waals surface area contributed by atoms with Crippen molar-refractivity contribution in [2.75, 3.05) is 5.32 Å². The molecule has 0 aliphatic rings. The third-order valence-corrected chi connectivity index (χ3v) is 2.72. The minimum atomic E-state index is -0.932. The zero-order valence-electron chi connectivity index (χ0n) is 10.7. The standard InChI is InChI=1S/C15H14N2O3/c18-14(8-11-4-3-7-16-10-11)17-13-6-2-1-5-12(13)9-15(19)20/h1-7,10H,8-9H2,(H,17,18)(H,19,20). The molecule has 0 saturated heterocycles. The zero-order chi connectivity index (χ0) is 14.4. The van der Waals surface area contributed by atoms with Crippen molar-refractivity contribution in [3.63, 3.8) is 0 Å². The number of pyridine rings is 1. The normalized spacial score (nSPS) is 10.0. The van der Waals surface area contributed by atoms with Gasteiger partial charge >= 0.3 is 5.97 Å². The van der Waals surface area contributed by atoms with Gasteiger partial charge in [0, 0.05) is 18.1 Å². The quantitative estimate of drug-likeness (QED) is 0.869. The van der Waals surface area contributed by atoms with Crippen LogP contribution in [0.4, 0.5) is 5.69 Å². The molecule has 0 spiro atoms. The van der Waals surface area contributed by atoms with Crippen molar-refractivity contribution >= 4 is 17.6 Å². The molecule has 102 valence electrons. The SMILES string of the molecule is O=C(O)Cc1ccccc1NC(=O)Cc1cccnc1. The van der Waals surface area contributed by atoms with Gasteiger partial charge in [0.2, 0.25) is 5.91 Å². The Kier molecular flexibility index (Phi) is 4.44. The monoisotopic (exact) mass is 270 g/mol. The molecule has 2 N–H and O–H groups in total. The van der Waals surface area contributed by atoms with Crippen LogP contribution in [0.5, 0.6) is 0 Å². The maximum Gasteiger partial charge on any atom is 0.307 e. The molecule has 1 heterocycles. The molecule has 0 radical (unpaired) electrons. The van der Waals surface area contributed by atoms with Gasteiger partial charge in [0.05, 0.1) is 12.8 Å². The predicted octanol–water partition coefficient (Wildman–Crippen LogP) is 1.89. The fourth-order valence-corrected chi connectivity index (χ4v) is 1.84. The second-order valence-corrected chi connectivity index (χ2v) is 4.31. The van der Waals surface area contributed by atoms with Crippen molar-refractivity contribution in [3.05, 3.63) is 59.9 Å². The molecule has 0 unspecified atom stereocenters. The number of rotatable bonds is 5. The van der Waals surface area contributed by atoms with Gasteiger partial charge in [0.15, 0.2) is 0 Å². The Balaban J connectivity index is 2.06. The molecule has 0 atom stereocenters. The minimum absolute atomic E-state index is 0.122. The van der Waals surface area contributed by atoms with Crippen LogP contribution in [0, 0.1) is 0 Å². The number of anilines is 1. The lowest BCUT2D eigenvalue weighted by atomic mass is 10.1. The van der Waals surface area contributed by atoms with Gasteiger partial charge in [-0.15, -0.1) is 0 Å².